The van der Waals surface area contributed by atoms with E-state index in [1.807, 2.05) is 12.1 Å². The largest absolute Gasteiger partial charge is 0.383 e. The second kappa shape index (κ2) is 8.49. The average molecular weight is 366 g/mol. The van der Waals surface area contributed by atoms with Crippen LogP contribution in [0.1, 0.15) is 32.6 Å². The maximum atomic E-state index is 12.2. The van der Waals surface area contributed by atoms with Crippen molar-refractivity contribution in [3.05, 3.63) is 75.6 Å². The van der Waals surface area contributed by atoms with Crippen molar-refractivity contribution in [2.75, 3.05) is 11.1 Å². The van der Waals surface area contributed by atoms with Crippen LogP contribution in [0.15, 0.2) is 54.7 Å². The quantitative estimate of drug-likeness (QED) is 0.594. The van der Waals surface area contributed by atoms with E-state index in [-0.39, 0.29) is 11.7 Å². The molecule has 134 valence electrons. The van der Waals surface area contributed by atoms with Gasteiger partial charge in [0.25, 0.3) is 5.91 Å². The van der Waals surface area contributed by atoms with Crippen molar-refractivity contribution in [2.24, 2.45) is 0 Å². The zero-order valence-electron chi connectivity index (χ0n) is 14.7. The summed E-state index contributed by atoms with van der Waals surface area (Å²) < 4.78 is 0. The van der Waals surface area contributed by atoms with E-state index in [1.54, 1.807) is 29.7 Å². The number of aromatic nitrogens is 1. The Balaban J connectivity index is 1.55. The first-order chi connectivity index (χ1) is 12.7. The molecule has 0 saturated heterocycles. The molecule has 5 nitrogen and oxygen atoms in total. The van der Waals surface area contributed by atoms with Crippen LogP contribution in [0.2, 0.25) is 0 Å². The SMILES string of the molecule is CCc1ccccc1NCc1ccc(CNC(=O)c2cccnc2N)s1. The summed E-state index contributed by atoms with van der Waals surface area (Å²) in [4.78, 5) is 18.4. The van der Waals surface area contributed by atoms with Gasteiger partial charge in [-0.25, -0.2) is 4.98 Å². The Morgan fingerprint density at radius 3 is 2.62 bits per heavy atom. The number of carbonyl (C=O) groups is 1. The fraction of sp³-hybridized carbons (Fsp3) is 0.200. The Bertz CT molecular complexity index is 891. The lowest BCUT2D eigenvalue weighted by molar-refractivity contribution is 0.0952. The Hall–Kier alpha value is -2.86. The fourth-order valence-electron chi connectivity index (χ4n) is 2.67. The van der Waals surface area contributed by atoms with Crippen LogP contribution in [0.25, 0.3) is 0 Å². The fourth-order valence-corrected chi connectivity index (χ4v) is 3.57. The predicted molar refractivity (Wildman–Crippen MR) is 107 cm³/mol. The minimum atomic E-state index is -0.208. The number of aryl methyl sites for hydroxylation is 1. The number of para-hydroxylation sites is 1. The Kier molecular flexibility index (Phi) is 5.86. The summed E-state index contributed by atoms with van der Waals surface area (Å²) >= 11 is 1.68. The minimum Gasteiger partial charge on any atom is -0.383 e. The summed E-state index contributed by atoms with van der Waals surface area (Å²) in [5.74, 6) is 0.0382. The second-order valence-corrected chi connectivity index (χ2v) is 7.10. The van der Waals surface area contributed by atoms with Gasteiger partial charge in [-0.05, 0) is 42.3 Å². The molecule has 0 spiro atoms. The first-order valence-electron chi connectivity index (χ1n) is 8.55. The van der Waals surface area contributed by atoms with E-state index in [9.17, 15) is 4.79 Å². The van der Waals surface area contributed by atoms with E-state index in [1.165, 1.54) is 16.1 Å². The third-order valence-corrected chi connectivity index (χ3v) is 5.16. The number of nitrogens with two attached hydrogens (primary N) is 1. The summed E-state index contributed by atoms with van der Waals surface area (Å²) in [6.07, 6.45) is 2.57. The number of hydrogen-bond acceptors (Lipinski definition) is 5. The van der Waals surface area contributed by atoms with Gasteiger partial charge in [0.15, 0.2) is 0 Å². The van der Waals surface area contributed by atoms with Gasteiger partial charge in [-0.2, -0.15) is 0 Å². The molecule has 0 fully saturated rings. The zero-order chi connectivity index (χ0) is 18.4. The lowest BCUT2D eigenvalue weighted by atomic mass is 10.1. The van der Waals surface area contributed by atoms with Gasteiger partial charge in [0.1, 0.15) is 5.82 Å². The molecule has 0 aliphatic heterocycles. The van der Waals surface area contributed by atoms with Crippen molar-refractivity contribution < 1.29 is 4.79 Å². The maximum absolute atomic E-state index is 12.2. The van der Waals surface area contributed by atoms with Crippen LogP contribution >= 0.6 is 11.3 Å². The van der Waals surface area contributed by atoms with Crippen molar-refractivity contribution in [2.45, 2.75) is 26.4 Å². The molecule has 2 aromatic heterocycles. The van der Waals surface area contributed by atoms with Crippen LogP contribution in [0, 0.1) is 0 Å². The number of pyridine rings is 1. The molecule has 0 saturated carbocycles. The van der Waals surface area contributed by atoms with Gasteiger partial charge < -0.3 is 16.4 Å². The highest BCUT2D eigenvalue weighted by Crippen LogP contribution is 2.21. The first kappa shape index (κ1) is 17.9. The molecule has 1 aromatic carbocycles. The monoisotopic (exact) mass is 366 g/mol. The van der Waals surface area contributed by atoms with E-state index in [4.69, 9.17) is 5.73 Å². The number of thiophene rings is 1. The number of hydrogen-bond donors (Lipinski definition) is 3. The molecule has 26 heavy (non-hydrogen) atoms. The highest BCUT2D eigenvalue weighted by atomic mass is 32.1. The summed E-state index contributed by atoms with van der Waals surface area (Å²) in [7, 11) is 0. The second-order valence-electron chi connectivity index (χ2n) is 5.85. The molecular weight excluding hydrogens is 344 g/mol. The molecule has 3 rings (SSSR count). The van der Waals surface area contributed by atoms with Gasteiger partial charge in [0.05, 0.1) is 12.1 Å². The van der Waals surface area contributed by atoms with Crippen molar-refractivity contribution >= 4 is 28.7 Å². The van der Waals surface area contributed by atoms with E-state index < -0.39 is 0 Å². The molecular formula is C20H22N4OS. The number of nitrogen functional groups attached to an aromatic ring is 1. The normalized spacial score (nSPS) is 10.5. The number of amides is 1. The molecule has 4 N–H and O–H groups in total. The topological polar surface area (TPSA) is 80.0 Å². The third-order valence-electron chi connectivity index (χ3n) is 4.07. The van der Waals surface area contributed by atoms with Gasteiger partial charge in [-0.3, -0.25) is 4.79 Å². The Morgan fingerprint density at radius 2 is 1.85 bits per heavy atom. The van der Waals surface area contributed by atoms with Crippen molar-refractivity contribution in [3.8, 4) is 0 Å². The predicted octanol–water partition coefficient (Wildman–Crippen LogP) is 3.83. The number of rotatable bonds is 7. The standard InChI is InChI=1S/C20H22N4OS/c1-2-14-6-3-4-8-18(14)23-12-15-9-10-16(26-15)13-24-20(25)17-7-5-11-22-19(17)21/h3-11,23H,2,12-13H2,1H3,(H2,21,22)(H,24,25). The molecule has 6 heteroatoms. The van der Waals surface area contributed by atoms with Crippen molar-refractivity contribution in [1.29, 1.82) is 0 Å². The highest BCUT2D eigenvalue weighted by Gasteiger charge is 2.10. The average Bonchev–Trinajstić information content (AvgIpc) is 3.13. The molecule has 0 atom stereocenters. The molecule has 1 amide bonds. The summed E-state index contributed by atoms with van der Waals surface area (Å²) in [5, 5.41) is 6.38. The molecule has 3 aromatic rings. The highest BCUT2D eigenvalue weighted by molar-refractivity contribution is 7.12. The summed E-state index contributed by atoms with van der Waals surface area (Å²) in [5.41, 5.74) is 8.62. The first-order valence-corrected chi connectivity index (χ1v) is 9.37. The molecule has 0 aliphatic carbocycles. The van der Waals surface area contributed by atoms with Crippen LogP contribution in [0.4, 0.5) is 11.5 Å². The zero-order valence-corrected chi connectivity index (χ0v) is 15.5. The van der Waals surface area contributed by atoms with Gasteiger partial charge in [-0.1, -0.05) is 25.1 Å². The Labute approximate surface area is 157 Å². The minimum absolute atomic E-state index is 0.208. The van der Waals surface area contributed by atoms with Crippen LogP contribution in [0.5, 0.6) is 0 Å². The number of nitrogens with one attached hydrogen (secondary N) is 2. The number of carbonyl (C=O) groups excluding carboxylic acids is 1. The third kappa shape index (κ3) is 4.40. The van der Waals surface area contributed by atoms with E-state index >= 15 is 0 Å². The molecule has 0 bridgehead atoms. The van der Waals surface area contributed by atoms with E-state index in [0.717, 1.165) is 17.8 Å². The lowest BCUT2D eigenvalue weighted by Crippen LogP contribution is -2.23. The van der Waals surface area contributed by atoms with Crippen LogP contribution in [-0.2, 0) is 19.5 Å². The van der Waals surface area contributed by atoms with Crippen molar-refractivity contribution in [3.63, 3.8) is 0 Å². The summed E-state index contributed by atoms with van der Waals surface area (Å²) in [6, 6.07) is 15.9. The van der Waals surface area contributed by atoms with Crippen LogP contribution in [-0.4, -0.2) is 10.9 Å². The van der Waals surface area contributed by atoms with Gasteiger partial charge in [-0.15, -0.1) is 11.3 Å². The molecule has 2 heterocycles. The number of benzene rings is 1. The van der Waals surface area contributed by atoms with Crippen LogP contribution < -0.4 is 16.4 Å². The molecule has 0 unspecified atom stereocenters. The van der Waals surface area contributed by atoms with Gasteiger partial charge >= 0.3 is 0 Å². The van der Waals surface area contributed by atoms with E-state index in [2.05, 4.69) is 46.8 Å². The van der Waals surface area contributed by atoms with Crippen LogP contribution in [0.3, 0.4) is 0 Å². The van der Waals surface area contributed by atoms with E-state index in [0.29, 0.717) is 12.1 Å². The van der Waals surface area contributed by atoms with Gasteiger partial charge in [0.2, 0.25) is 0 Å². The smallest absolute Gasteiger partial charge is 0.255 e. The maximum Gasteiger partial charge on any atom is 0.255 e. The number of nitrogens with zero attached hydrogens (tertiary/aromatic N) is 1. The lowest BCUT2D eigenvalue weighted by Gasteiger charge is -2.09. The van der Waals surface area contributed by atoms with Gasteiger partial charge in [0, 0.05) is 28.2 Å². The molecule has 0 radical (unpaired) electrons. The summed E-state index contributed by atoms with van der Waals surface area (Å²) in [6.45, 7) is 3.40. The number of anilines is 2. The Morgan fingerprint density at radius 1 is 1.08 bits per heavy atom. The molecule has 0 aliphatic rings. The van der Waals surface area contributed by atoms with Crippen molar-refractivity contribution in [1.82, 2.24) is 10.3 Å².